The molecule has 1 aromatic heterocycles. The third-order valence-electron chi connectivity index (χ3n) is 2.07. The van der Waals surface area contributed by atoms with Crippen LogP contribution in [0.5, 0.6) is 0 Å². The summed E-state index contributed by atoms with van der Waals surface area (Å²) in [4.78, 5) is 0. The molecule has 0 spiro atoms. The number of nitrogen functional groups attached to an aromatic ring is 2. The van der Waals surface area contributed by atoms with Crippen molar-refractivity contribution in [2.24, 2.45) is 0 Å². The third kappa shape index (κ3) is 1.19. The molecular formula is C9H11N5. The number of hydrogen-bond donors (Lipinski definition) is 2. The number of benzene rings is 1. The Balaban J connectivity index is 2.60. The maximum atomic E-state index is 5.79. The highest BCUT2D eigenvalue weighted by atomic mass is 15.4. The molecule has 0 bridgehead atoms. The van der Waals surface area contributed by atoms with Crippen LogP contribution in [0.2, 0.25) is 0 Å². The van der Waals surface area contributed by atoms with Gasteiger partial charge in [0.1, 0.15) is 5.82 Å². The second-order valence-corrected chi connectivity index (χ2v) is 3.03. The Morgan fingerprint density at radius 2 is 1.93 bits per heavy atom. The normalized spacial score (nSPS) is 10.4. The average Bonchev–Trinajstić information content (AvgIpc) is 2.49. The summed E-state index contributed by atoms with van der Waals surface area (Å²) in [6.45, 7) is 1.79. The molecule has 0 saturated heterocycles. The number of nitrogens with zero attached hydrogens (tertiary/aromatic N) is 3. The Labute approximate surface area is 81.3 Å². The molecule has 1 heterocycles. The van der Waals surface area contributed by atoms with Gasteiger partial charge in [0, 0.05) is 11.3 Å². The molecule has 5 nitrogen and oxygen atoms in total. The molecule has 0 aliphatic carbocycles. The summed E-state index contributed by atoms with van der Waals surface area (Å²) in [5.41, 5.74) is 7.24. The van der Waals surface area contributed by atoms with E-state index in [0.717, 1.165) is 5.56 Å². The highest BCUT2D eigenvalue weighted by molar-refractivity contribution is 5.71. The number of hydrogen-bond acceptors (Lipinski definition) is 4. The molecule has 4 N–H and O–H groups in total. The Bertz CT molecular complexity index is 460. The van der Waals surface area contributed by atoms with Gasteiger partial charge in [-0.3, -0.25) is 0 Å². The fourth-order valence-corrected chi connectivity index (χ4v) is 1.25. The van der Waals surface area contributed by atoms with Crippen molar-refractivity contribution in [2.75, 3.05) is 11.6 Å². The molecule has 0 amide bonds. The zero-order valence-corrected chi connectivity index (χ0v) is 7.81. The SMILES string of the molecule is Cc1nnc(-c2ccccc2N)n1N. The summed E-state index contributed by atoms with van der Waals surface area (Å²) >= 11 is 0. The first kappa shape index (κ1) is 8.55. The van der Waals surface area contributed by atoms with Gasteiger partial charge in [-0.2, -0.15) is 0 Å². The Morgan fingerprint density at radius 3 is 2.50 bits per heavy atom. The minimum atomic E-state index is 0.584. The molecule has 2 rings (SSSR count). The van der Waals surface area contributed by atoms with Crippen LogP contribution in [-0.2, 0) is 0 Å². The molecule has 0 radical (unpaired) electrons. The average molecular weight is 189 g/mol. The van der Waals surface area contributed by atoms with Crippen LogP contribution >= 0.6 is 0 Å². The van der Waals surface area contributed by atoms with E-state index in [4.69, 9.17) is 11.6 Å². The minimum absolute atomic E-state index is 0.584. The lowest BCUT2D eigenvalue weighted by Crippen LogP contribution is -2.12. The number of para-hydroxylation sites is 1. The van der Waals surface area contributed by atoms with E-state index < -0.39 is 0 Å². The summed E-state index contributed by atoms with van der Waals surface area (Å²) in [5, 5.41) is 7.82. The van der Waals surface area contributed by atoms with Gasteiger partial charge >= 0.3 is 0 Å². The molecule has 2 aromatic rings. The van der Waals surface area contributed by atoms with Crippen molar-refractivity contribution in [3.8, 4) is 11.4 Å². The van der Waals surface area contributed by atoms with Gasteiger partial charge in [0.05, 0.1) is 0 Å². The van der Waals surface area contributed by atoms with Crippen LogP contribution in [0.4, 0.5) is 5.69 Å². The topological polar surface area (TPSA) is 82.8 Å². The predicted molar refractivity (Wildman–Crippen MR) is 54.8 cm³/mol. The van der Waals surface area contributed by atoms with Crippen LogP contribution < -0.4 is 11.6 Å². The largest absolute Gasteiger partial charge is 0.398 e. The minimum Gasteiger partial charge on any atom is -0.398 e. The second-order valence-electron chi connectivity index (χ2n) is 3.03. The smallest absolute Gasteiger partial charge is 0.184 e. The van der Waals surface area contributed by atoms with Gasteiger partial charge in [0.15, 0.2) is 5.82 Å². The first-order valence-electron chi connectivity index (χ1n) is 4.22. The Kier molecular flexibility index (Phi) is 1.85. The number of nitrogens with two attached hydrogens (primary N) is 2. The van der Waals surface area contributed by atoms with Gasteiger partial charge in [-0.25, -0.2) is 4.68 Å². The number of rotatable bonds is 1. The second kappa shape index (κ2) is 3.02. The highest BCUT2D eigenvalue weighted by Gasteiger charge is 2.10. The summed E-state index contributed by atoms with van der Waals surface area (Å²) in [6.07, 6.45) is 0. The van der Waals surface area contributed by atoms with E-state index in [0.29, 0.717) is 17.3 Å². The van der Waals surface area contributed by atoms with Gasteiger partial charge in [0.25, 0.3) is 0 Å². The molecular weight excluding hydrogens is 178 g/mol. The van der Waals surface area contributed by atoms with E-state index >= 15 is 0 Å². The van der Waals surface area contributed by atoms with Crippen LogP contribution in [0.25, 0.3) is 11.4 Å². The maximum Gasteiger partial charge on any atom is 0.184 e. The quantitative estimate of drug-likeness (QED) is 0.507. The van der Waals surface area contributed by atoms with E-state index in [9.17, 15) is 0 Å². The number of anilines is 1. The molecule has 0 atom stereocenters. The third-order valence-corrected chi connectivity index (χ3v) is 2.07. The monoisotopic (exact) mass is 189 g/mol. The molecule has 0 unspecified atom stereocenters. The number of aryl methyl sites for hydroxylation is 1. The zero-order valence-electron chi connectivity index (χ0n) is 7.81. The van der Waals surface area contributed by atoms with E-state index in [1.54, 1.807) is 13.0 Å². The fraction of sp³-hybridized carbons (Fsp3) is 0.111. The standard InChI is InChI=1S/C9H11N5/c1-6-12-13-9(14(6)11)7-4-2-3-5-8(7)10/h2-5H,10-11H2,1H3. The fourth-order valence-electron chi connectivity index (χ4n) is 1.25. The van der Waals surface area contributed by atoms with Crippen LogP contribution in [-0.4, -0.2) is 14.9 Å². The van der Waals surface area contributed by atoms with E-state index in [1.807, 2.05) is 18.2 Å². The molecule has 14 heavy (non-hydrogen) atoms. The Hall–Kier alpha value is -2.04. The zero-order chi connectivity index (χ0) is 10.1. The van der Waals surface area contributed by atoms with Crippen molar-refractivity contribution in [1.29, 1.82) is 0 Å². The molecule has 0 aliphatic rings. The van der Waals surface area contributed by atoms with Crippen LogP contribution in [0.15, 0.2) is 24.3 Å². The molecule has 0 saturated carbocycles. The van der Waals surface area contributed by atoms with Crippen molar-refractivity contribution in [3.63, 3.8) is 0 Å². The first-order valence-corrected chi connectivity index (χ1v) is 4.22. The van der Waals surface area contributed by atoms with E-state index in [1.165, 1.54) is 4.68 Å². The lowest BCUT2D eigenvalue weighted by Gasteiger charge is -2.03. The van der Waals surface area contributed by atoms with Gasteiger partial charge < -0.3 is 11.6 Å². The Morgan fingerprint density at radius 1 is 1.21 bits per heavy atom. The van der Waals surface area contributed by atoms with Crippen LogP contribution in [0.1, 0.15) is 5.82 Å². The molecule has 5 heteroatoms. The van der Waals surface area contributed by atoms with Gasteiger partial charge in [-0.05, 0) is 19.1 Å². The molecule has 0 fully saturated rings. The van der Waals surface area contributed by atoms with Crippen molar-refractivity contribution in [1.82, 2.24) is 14.9 Å². The van der Waals surface area contributed by atoms with Gasteiger partial charge in [0.2, 0.25) is 0 Å². The lowest BCUT2D eigenvalue weighted by atomic mass is 10.2. The summed E-state index contributed by atoms with van der Waals surface area (Å²) in [5.74, 6) is 6.98. The maximum absolute atomic E-state index is 5.79. The highest BCUT2D eigenvalue weighted by Crippen LogP contribution is 2.22. The molecule has 0 aliphatic heterocycles. The summed E-state index contributed by atoms with van der Waals surface area (Å²) in [6, 6.07) is 7.42. The van der Waals surface area contributed by atoms with Crippen molar-refractivity contribution < 1.29 is 0 Å². The predicted octanol–water partition coefficient (Wildman–Crippen LogP) is 0.550. The number of aromatic nitrogens is 3. The lowest BCUT2D eigenvalue weighted by molar-refractivity contribution is 0.932. The van der Waals surface area contributed by atoms with E-state index in [-0.39, 0.29) is 0 Å². The first-order chi connectivity index (χ1) is 6.70. The van der Waals surface area contributed by atoms with E-state index in [2.05, 4.69) is 10.2 Å². The summed E-state index contributed by atoms with van der Waals surface area (Å²) < 4.78 is 1.42. The molecule has 1 aromatic carbocycles. The van der Waals surface area contributed by atoms with Crippen molar-refractivity contribution in [2.45, 2.75) is 6.92 Å². The molecule has 72 valence electrons. The van der Waals surface area contributed by atoms with Crippen molar-refractivity contribution >= 4 is 5.69 Å². The van der Waals surface area contributed by atoms with Crippen LogP contribution in [0, 0.1) is 6.92 Å². The van der Waals surface area contributed by atoms with Crippen molar-refractivity contribution in [3.05, 3.63) is 30.1 Å². The van der Waals surface area contributed by atoms with Crippen LogP contribution in [0.3, 0.4) is 0 Å². The van der Waals surface area contributed by atoms with Gasteiger partial charge in [-0.15, -0.1) is 10.2 Å². The van der Waals surface area contributed by atoms with Gasteiger partial charge in [-0.1, -0.05) is 12.1 Å². The summed E-state index contributed by atoms with van der Waals surface area (Å²) in [7, 11) is 0.